The highest BCUT2D eigenvalue weighted by atomic mass is 15.3. The number of piperidine rings is 1. The van der Waals surface area contributed by atoms with Gasteiger partial charge in [0, 0.05) is 50.7 Å². The molecule has 0 spiro atoms. The number of aryl methyl sites for hydroxylation is 3. The summed E-state index contributed by atoms with van der Waals surface area (Å²) in [6, 6.07) is 4.65. The van der Waals surface area contributed by atoms with E-state index in [4.69, 9.17) is 0 Å². The number of nitrogens with zero attached hydrogens (tertiary/aromatic N) is 7. The maximum Gasteiger partial charge on any atom is 0.156 e. The Labute approximate surface area is 153 Å². The zero-order valence-electron chi connectivity index (χ0n) is 15.8. The Balaban J connectivity index is 1.52. The van der Waals surface area contributed by atoms with Crippen LogP contribution in [0.2, 0.25) is 0 Å². The summed E-state index contributed by atoms with van der Waals surface area (Å²) >= 11 is 0. The largest absolute Gasteiger partial charge is 0.356 e. The third-order valence-corrected chi connectivity index (χ3v) is 5.50. The van der Waals surface area contributed by atoms with Crippen molar-refractivity contribution < 1.29 is 0 Å². The number of aromatic nitrogens is 5. The van der Waals surface area contributed by atoms with Crippen LogP contribution in [0.3, 0.4) is 0 Å². The van der Waals surface area contributed by atoms with E-state index in [0.717, 1.165) is 54.3 Å². The number of rotatable bonds is 3. The lowest BCUT2D eigenvalue weighted by Gasteiger charge is -2.38. The monoisotopic (exact) mass is 351 g/mol. The van der Waals surface area contributed by atoms with Gasteiger partial charge in [-0.3, -0.25) is 0 Å². The molecule has 4 rings (SSSR count). The maximum absolute atomic E-state index is 4.60. The normalized spacial score (nSPS) is 15.6. The van der Waals surface area contributed by atoms with Gasteiger partial charge in [0.1, 0.15) is 24.0 Å². The molecule has 136 valence electrons. The highest BCUT2D eigenvalue weighted by Gasteiger charge is 2.26. The van der Waals surface area contributed by atoms with Crippen molar-refractivity contribution >= 4 is 22.7 Å². The van der Waals surface area contributed by atoms with Crippen molar-refractivity contribution in [1.29, 1.82) is 0 Å². The molecule has 3 aromatic rings. The minimum Gasteiger partial charge on any atom is -0.356 e. The molecule has 0 saturated carbocycles. The summed E-state index contributed by atoms with van der Waals surface area (Å²) in [5.41, 5.74) is 4.35. The molecule has 0 amide bonds. The lowest BCUT2D eigenvalue weighted by Crippen LogP contribution is -2.44. The first-order chi connectivity index (χ1) is 12.5. The van der Waals surface area contributed by atoms with Gasteiger partial charge in [0.2, 0.25) is 0 Å². The van der Waals surface area contributed by atoms with Crippen molar-refractivity contribution in [1.82, 2.24) is 24.5 Å². The third-order valence-electron chi connectivity index (χ3n) is 5.50. The first-order valence-corrected chi connectivity index (χ1v) is 9.08. The van der Waals surface area contributed by atoms with Crippen molar-refractivity contribution in [2.75, 3.05) is 29.9 Å². The quantitative estimate of drug-likeness (QED) is 0.722. The fraction of sp³-hybridized carbons (Fsp3) is 0.474. The molecule has 0 unspecified atom stereocenters. The van der Waals surface area contributed by atoms with E-state index < -0.39 is 0 Å². The lowest BCUT2D eigenvalue weighted by molar-refractivity contribution is 0.478. The van der Waals surface area contributed by atoms with Crippen LogP contribution < -0.4 is 9.80 Å². The van der Waals surface area contributed by atoms with Gasteiger partial charge in [0.25, 0.3) is 0 Å². The summed E-state index contributed by atoms with van der Waals surface area (Å²) in [6.45, 7) is 6.07. The Morgan fingerprint density at radius 1 is 1.00 bits per heavy atom. The van der Waals surface area contributed by atoms with E-state index in [-0.39, 0.29) is 0 Å². The standard InChI is InChI=1S/C19H25N7/c1-13-9-17(22-11-20-13)25(4)15-5-7-26(8-6-15)19-18-16(21-12-23-19)10-14(2)24(18)3/h9-12,15H,5-8H2,1-4H3. The van der Waals surface area contributed by atoms with Gasteiger partial charge in [0.15, 0.2) is 5.82 Å². The number of hydrogen-bond donors (Lipinski definition) is 0. The molecule has 0 atom stereocenters. The first-order valence-electron chi connectivity index (χ1n) is 9.08. The summed E-state index contributed by atoms with van der Waals surface area (Å²) in [6.07, 6.45) is 5.48. The SMILES string of the molecule is Cc1cc(N(C)C2CCN(c3ncnc4cc(C)n(C)c34)CC2)ncn1. The number of anilines is 2. The van der Waals surface area contributed by atoms with E-state index in [0.29, 0.717) is 6.04 Å². The van der Waals surface area contributed by atoms with Crippen molar-refractivity contribution in [3.8, 4) is 0 Å². The topological polar surface area (TPSA) is 63.0 Å². The van der Waals surface area contributed by atoms with Crippen molar-refractivity contribution in [2.45, 2.75) is 32.7 Å². The number of fused-ring (bicyclic) bond motifs is 1. The van der Waals surface area contributed by atoms with E-state index in [2.05, 4.69) is 61.4 Å². The maximum atomic E-state index is 4.60. The van der Waals surface area contributed by atoms with Crippen LogP contribution >= 0.6 is 0 Å². The molecular weight excluding hydrogens is 326 g/mol. The molecule has 7 nitrogen and oxygen atoms in total. The second-order valence-corrected chi connectivity index (χ2v) is 7.12. The molecule has 1 aliphatic heterocycles. The van der Waals surface area contributed by atoms with Crippen LogP contribution in [-0.2, 0) is 7.05 Å². The minimum absolute atomic E-state index is 0.480. The van der Waals surface area contributed by atoms with Gasteiger partial charge in [-0.15, -0.1) is 0 Å². The van der Waals surface area contributed by atoms with Gasteiger partial charge >= 0.3 is 0 Å². The Bertz CT molecular complexity index is 925. The molecule has 0 aromatic carbocycles. The van der Waals surface area contributed by atoms with E-state index in [1.165, 1.54) is 5.69 Å². The van der Waals surface area contributed by atoms with Crippen LogP contribution in [0, 0.1) is 13.8 Å². The fourth-order valence-corrected chi connectivity index (χ4v) is 3.80. The molecule has 1 aliphatic rings. The lowest BCUT2D eigenvalue weighted by atomic mass is 10.0. The highest BCUT2D eigenvalue weighted by Crippen LogP contribution is 2.29. The molecule has 0 N–H and O–H groups in total. The average molecular weight is 351 g/mol. The zero-order valence-corrected chi connectivity index (χ0v) is 15.8. The Morgan fingerprint density at radius 3 is 2.46 bits per heavy atom. The minimum atomic E-state index is 0.480. The predicted octanol–water partition coefficient (Wildman–Crippen LogP) is 2.48. The van der Waals surface area contributed by atoms with Crippen molar-refractivity contribution in [3.05, 3.63) is 36.2 Å². The summed E-state index contributed by atoms with van der Waals surface area (Å²) in [5.74, 6) is 2.04. The van der Waals surface area contributed by atoms with Crippen molar-refractivity contribution in [3.63, 3.8) is 0 Å². The second kappa shape index (κ2) is 6.55. The van der Waals surface area contributed by atoms with Crippen LogP contribution in [0.15, 0.2) is 24.8 Å². The van der Waals surface area contributed by atoms with Crippen LogP contribution in [0.5, 0.6) is 0 Å². The van der Waals surface area contributed by atoms with Gasteiger partial charge in [-0.2, -0.15) is 0 Å². The molecule has 1 saturated heterocycles. The molecule has 3 aromatic heterocycles. The van der Waals surface area contributed by atoms with Crippen LogP contribution in [0.25, 0.3) is 11.0 Å². The summed E-state index contributed by atoms with van der Waals surface area (Å²) in [5, 5.41) is 0. The Hall–Kier alpha value is -2.70. The van der Waals surface area contributed by atoms with E-state index in [1.807, 2.05) is 13.0 Å². The second-order valence-electron chi connectivity index (χ2n) is 7.12. The fourth-order valence-electron chi connectivity index (χ4n) is 3.80. The summed E-state index contributed by atoms with van der Waals surface area (Å²) in [7, 11) is 4.22. The van der Waals surface area contributed by atoms with Crippen LogP contribution in [0.1, 0.15) is 24.2 Å². The van der Waals surface area contributed by atoms with Gasteiger partial charge in [-0.1, -0.05) is 0 Å². The third kappa shape index (κ3) is 2.87. The summed E-state index contributed by atoms with van der Waals surface area (Å²) < 4.78 is 2.19. The Morgan fingerprint density at radius 2 is 1.73 bits per heavy atom. The van der Waals surface area contributed by atoms with Gasteiger partial charge in [-0.25, -0.2) is 19.9 Å². The van der Waals surface area contributed by atoms with E-state index >= 15 is 0 Å². The van der Waals surface area contributed by atoms with Crippen LogP contribution in [0.4, 0.5) is 11.6 Å². The molecule has 0 aliphatic carbocycles. The molecular formula is C19H25N7. The Kier molecular flexibility index (Phi) is 4.22. The molecule has 26 heavy (non-hydrogen) atoms. The van der Waals surface area contributed by atoms with E-state index in [9.17, 15) is 0 Å². The van der Waals surface area contributed by atoms with Gasteiger partial charge in [-0.05, 0) is 32.8 Å². The smallest absolute Gasteiger partial charge is 0.156 e. The van der Waals surface area contributed by atoms with Gasteiger partial charge < -0.3 is 14.4 Å². The zero-order chi connectivity index (χ0) is 18.3. The average Bonchev–Trinajstić information content (AvgIpc) is 2.95. The molecule has 0 radical (unpaired) electrons. The summed E-state index contributed by atoms with van der Waals surface area (Å²) in [4.78, 5) is 22.3. The highest BCUT2D eigenvalue weighted by molar-refractivity contribution is 5.87. The molecule has 4 heterocycles. The van der Waals surface area contributed by atoms with Crippen molar-refractivity contribution in [2.24, 2.45) is 7.05 Å². The molecule has 7 heteroatoms. The number of hydrogen-bond acceptors (Lipinski definition) is 6. The van der Waals surface area contributed by atoms with E-state index in [1.54, 1.807) is 12.7 Å². The van der Waals surface area contributed by atoms with Gasteiger partial charge in [0.05, 0.1) is 5.52 Å². The predicted molar refractivity (Wildman–Crippen MR) is 104 cm³/mol. The molecule has 1 fully saturated rings. The molecule has 0 bridgehead atoms. The van der Waals surface area contributed by atoms with Crippen LogP contribution in [-0.4, -0.2) is 50.7 Å². The first kappa shape index (κ1) is 16.8.